The Hall–Kier alpha value is -2.53. The SMILES string of the molecule is NCCc1cccc(-c2nc(-c3ccccc3F)no2)c1. The van der Waals surface area contributed by atoms with E-state index in [-0.39, 0.29) is 11.6 Å². The molecule has 5 heteroatoms. The van der Waals surface area contributed by atoms with Gasteiger partial charge in [-0.25, -0.2) is 4.39 Å². The topological polar surface area (TPSA) is 64.9 Å². The second kappa shape index (κ2) is 5.85. The van der Waals surface area contributed by atoms with Crippen LogP contribution < -0.4 is 5.73 Å². The monoisotopic (exact) mass is 283 g/mol. The Kier molecular flexibility index (Phi) is 3.75. The molecule has 0 aliphatic carbocycles. The third kappa shape index (κ3) is 2.83. The van der Waals surface area contributed by atoms with Gasteiger partial charge in [0.15, 0.2) is 0 Å². The normalized spacial score (nSPS) is 10.8. The van der Waals surface area contributed by atoms with Crippen molar-refractivity contribution in [2.75, 3.05) is 6.54 Å². The van der Waals surface area contributed by atoms with E-state index in [9.17, 15) is 4.39 Å². The van der Waals surface area contributed by atoms with Crippen LogP contribution in [0.25, 0.3) is 22.8 Å². The van der Waals surface area contributed by atoms with Crippen molar-refractivity contribution in [3.05, 3.63) is 59.9 Å². The zero-order chi connectivity index (χ0) is 14.7. The molecule has 3 aromatic rings. The van der Waals surface area contributed by atoms with Gasteiger partial charge in [-0.15, -0.1) is 0 Å². The van der Waals surface area contributed by atoms with Gasteiger partial charge in [-0.3, -0.25) is 0 Å². The highest BCUT2D eigenvalue weighted by molar-refractivity contribution is 5.60. The standard InChI is InChI=1S/C16H14FN3O/c17-14-7-2-1-6-13(14)15-19-16(21-20-15)12-5-3-4-11(10-12)8-9-18/h1-7,10H,8-9,18H2. The first-order chi connectivity index (χ1) is 10.3. The number of rotatable bonds is 4. The molecule has 0 saturated heterocycles. The lowest BCUT2D eigenvalue weighted by atomic mass is 10.1. The van der Waals surface area contributed by atoms with Crippen LogP contribution in [0.3, 0.4) is 0 Å². The third-order valence-electron chi connectivity index (χ3n) is 3.15. The molecular weight excluding hydrogens is 269 g/mol. The van der Waals surface area contributed by atoms with Crippen LogP contribution in [0.15, 0.2) is 53.1 Å². The predicted molar refractivity (Wildman–Crippen MR) is 77.9 cm³/mol. The van der Waals surface area contributed by atoms with E-state index in [2.05, 4.69) is 10.1 Å². The summed E-state index contributed by atoms with van der Waals surface area (Å²) in [5, 5.41) is 3.85. The van der Waals surface area contributed by atoms with Crippen molar-refractivity contribution < 1.29 is 8.91 Å². The first-order valence-electron chi connectivity index (χ1n) is 6.66. The van der Waals surface area contributed by atoms with Gasteiger partial charge in [0.2, 0.25) is 5.82 Å². The van der Waals surface area contributed by atoms with E-state index in [1.165, 1.54) is 6.07 Å². The van der Waals surface area contributed by atoms with Crippen LogP contribution in [0.4, 0.5) is 4.39 Å². The molecule has 3 rings (SSSR count). The second-order valence-electron chi connectivity index (χ2n) is 4.64. The molecule has 106 valence electrons. The van der Waals surface area contributed by atoms with E-state index in [0.29, 0.717) is 18.0 Å². The average molecular weight is 283 g/mol. The zero-order valence-corrected chi connectivity index (χ0v) is 11.3. The Labute approximate surface area is 121 Å². The number of aromatic nitrogens is 2. The number of nitrogens with zero attached hydrogens (tertiary/aromatic N) is 2. The molecule has 1 heterocycles. The lowest BCUT2D eigenvalue weighted by Gasteiger charge is -2.00. The van der Waals surface area contributed by atoms with Crippen molar-refractivity contribution in [3.8, 4) is 22.8 Å². The molecule has 4 nitrogen and oxygen atoms in total. The van der Waals surface area contributed by atoms with E-state index < -0.39 is 0 Å². The van der Waals surface area contributed by atoms with E-state index >= 15 is 0 Å². The van der Waals surface area contributed by atoms with Crippen molar-refractivity contribution in [1.82, 2.24) is 10.1 Å². The van der Waals surface area contributed by atoms with Crippen molar-refractivity contribution in [1.29, 1.82) is 0 Å². The summed E-state index contributed by atoms with van der Waals surface area (Å²) in [6.45, 7) is 0.577. The van der Waals surface area contributed by atoms with Crippen LogP contribution >= 0.6 is 0 Å². The molecule has 0 spiro atoms. The maximum Gasteiger partial charge on any atom is 0.258 e. The number of hydrogen-bond donors (Lipinski definition) is 1. The lowest BCUT2D eigenvalue weighted by Crippen LogP contribution is -2.02. The van der Waals surface area contributed by atoms with E-state index in [0.717, 1.165) is 17.5 Å². The maximum absolute atomic E-state index is 13.7. The third-order valence-corrected chi connectivity index (χ3v) is 3.15. The first kappa shape index (κ1) is 13.5. The van der Waals surface area contributed by atoms with Gasteiger partial charge >= 0.3 is 0 Å². The van der Waals surface area contributed by atoms with Crippen molar-refractivity contribution in [3.63, 3.8) is 0 Å². The molecule has 0 radical (unpaired) electrons. The van der Waals surface area contributed by atoms with Gasteiger partial charge in [0.1, 0.15) is 5.82 Å². The lowest BCUT2D eigenvalue weighted by molar-refractivity contribution is 0.432. The summed E-state index contributed by atoms with van der Waals surface area (Å²) in [4.78, 5) is 4.26. The summed E-state index contributed by atoms with van der Waals surface area (Å²) in [6.07, 6.45) is 0.780. The Balaban J connectivity index is 1.95. The van der Waals surface area contributed by atoms with Gasteiger partial charge in [0.25, 0.3) is 5.89 Å². The Morgan fingerprint density at radius 2 is 1.95 bits per heavy atom. The van der Waals surface area contributed by atoms with Crippen LogP contribution in [0, 0.1) is 5.82 Å². The maximum atomic E-state index is 13.7. The predicted octanol–water partition coefficient (Wildman–Crippen LogP) is 3.04. The molecule has 0 aliphatic rings. The molecule has 21 heavy (non-hydrogen) atoms. The minimum Gasteiger partial charge on any atom is -0.334 e. The van der Waals surface area contributed by atoms with Gasteiger partial charge < -0.3 is 10.3 Å². The number of nitrogens with two attached hydrogens (primary N) is 1. The minimum absolute atomic E-state index is 0.243. The molecule has 0 unspecified atom stereocenters. The Bertz CT molecular complexity index is 755. The Morgan fingerprint density at radius 3 is 2.76 bits per heavy atom. The summed E-state index contributed by atoms with van der Waals surface area (Å²) in [7, 11) is 0. The largest absolute Gasteiger partial charge is 0.334 e. The summed E-state index contributed by atoms with van der Waals surface area (Å²) >= 11 is 0. The van der Waals surface area contributed by atoms with Gasteiger partial charge in [-0.2, -0.15) is 4.98 Å². The van der Waals surface area contributed by atoms with Crippen LogP contribution in [-0.4, -0.2) is 16.7 Å². The zero-order valence-electron chi connectivity index (χ0n) is 11.3. The number of halogens is 1. The van der Waals surface area contributed by atoms with Crippen LogP contribution in [0.1, 0.15) is 5.56 Å². The van der Waals surface area contributed by atoms with Crippen molar-refractivity contribution in [2.24, 2.45) is 5.73 Å². The van der Waals surface area contributed by atoms with Crippen LogP contribution in [0.5, 0.6) is 0 Å². The summed E-state index contributed by atoms with van der Waals surface area (Å²) in [5.41, 5.74) is 7.78. The van der Waals surface area contributed by atoms with E-state index in [4.69, 9.17) is 10.3 Å². The van der Waals surface area contributed by atoms with E-state index in [1.54, 1.807) is 18.2 Å². The smallest absolute Gasteiger partial charge is 0.258 e. The molecular formula is C16H14FN3O. The fourth-order valence-corrected chi connectivity index (χ4v) is 2.12. The second-order valence-corrected chi connectivity index (χ2v) is 4.64. The van der Waals surface area contributed by atoms with Gasteiger partial charge in [-0.1, -0.05) is 29.4 Å². The summed E-state index contributed by atoms with van der Waals surface area (Å²) < 4.78 is 19.0. The molecule has 1 aromatic heterocycles. The average Bonchev–Trinajstić information content (AvgIpc) is 2.98. The highest BCUT2D eigenvalue weighted by Crippen LogP contribution is 2.24. The quantitative estimate of drug-likeness (QED) is 0.799. The fraction of sp³-hybridized carbons (Fsp3) is 0.125. The van der Waals surface area contributed by atoms with Crippen molar-refractivity contribution in [2.45, 2.75) is 6.42 Å². The first-order valence-corrected chi connectivity index (χ1v) is 6.66. The molecule has 0 bridgehead atoms. The highest BCUT2D eigenvalue weighted by Gasteiger charge is 2.13. The number of hydrogen-bond acceptors (Lipinski definition) is 4. The fourth-order valence-electron chi connectivity index (χ4n) is 2.12. The Morgan fingerprint density at radius 1 is 1.10 bits per heavy atom. The van der Waals surface area contributed by atoms with E-state index in [1.807, 2.05) is 24.3 Å². The molecule has 0 fully saturated rings. The molecule has 2 aromatic carbocycles. The molecule has 2 N–H and O–H groups in total. The van der Waals surface area contributed by atoms with Crippen LogP contribution in [-0.2, 0) is 6.42 Å². The summed E-state index contributed by atoms with van der Waals surface area (Å²) in [5.74, 6) is 0.237. The van der Waals surface area contributed by atoms with Crippen molar-refractivity contribution >= 4 is 0 Å². The highest BCUT2D eigenvalue weighted by atomic mass is 19.1. The molecule has 0 aliphatic heterocycles. The van der Waals surface area contributed by atoms with Crippen LogP contribution in [0.2, 0.25) is 0 Å². The molecule has 0 atom stereocenters. The molecule has 0 amide bonds. The molecule has 0 saturated carbocycles. The summed E-state index contributed by atoms with van der Waals surface area (Å²) in [6, 6.07) is 14.1. The van der Waals surface area contributed by atoms with Gasteiger partial charge in [-0.05, 0) is 42.8 Å². The van der Waals surface area contributed by atoms with Gasteiger partial charge in [0, 0.05) is 5.56 Å². The minimum atomic E-state index is -0.373. The number of benzene rings is 2. The van der Waals surface area contributed by atoms with Gasteiger partial charge in [0.05, 0.1) is 5.56 Å².